The standard InChI is InChI=1S/C42H33N3/c1-2-14-31(15-3-1)36-18-6-7-19-37(36)32-25-27-34(28-26-32)44-41-23-10-8-20-38(41)33-16-4-5-17-35(30-33)45-42-24-11-9-21-39(42)40-22-12-13-29-43-40/h1-4,6-30,44-45H,5H2. The molecule has 3 nitrogen and oxygen atoms in total. The smallest absolute Gasteiger partial charge is 0.0722 e. The van der Waals surface area contributed by atoms with Crippen molar-refractivity contribution in [2.75, 3.05) is 10.6 Å². The maximum absolute atomic E-state index is 4.58. The fourth-order valence-corrected chi connectivity index (χ4v) is 5.75. The molecule has 2 N–H and O–H groups in total. The van der Waals surface area contributed by atoms with E-state index in [0.717, 1.165) is 51.6 Å². The molecule has 0 spiro atoms. The molecule has 0 amide bonds. The van der Waals surface area contributed by atoms with Gasteiger partial charge in [0.05, 0.1) is 5.69 Å². The van der Waals surface area contributed by atoms with Crippen molar-refractivity contribution in [2.24, 2.45) is 0 Å². The molecule has 3 heteroatoms. The van der Waals surface area contributed by atoms with E-state index >= 15 is 0 Å². The Morgan fingerprint density at radius 2 is 1.09 bits per heavy atom. The van der Waals surface area contributed by atoms with Crippen molar-refractivity contribution in [3.05, 3.63) is 187 Å². The van der Waals surface area contributed by atoms with E-state index in [1.54, 1.807) is 0 Å². The van der Waals surface area contributed by atoms with Crippen molar-refractivity contribution >= 4 is 22.6 Å². The number of hydrogen-bond acceptors (Lipinski definition) is 3. The number of nitrogens with one attached hydrogen (secondary N) is 2. The Bertz CT molecular complexity index is 2000. The number of rotatable bonds is 8. The van der Waals surface area contributed by atoms with Gasteiger partial charge < -0.3 is 10.6 Å². The average Bonchev–Trinajstić information content (AvgIpc) is 3.35. The third kappa shape index (κ3) is 6.39. The van der Waals surface area contributed by atoms with Crippen LogP contribution < -0.4 is 10.6 Å². The van der Waals surface area contributed by atoms with Crippen molar-refractivity contribution < 1.29 is 0 Å². The monoisotopic (exact) mass is 579 g/mol. The van der Waals surface area contributed by atoms with E-state index < -0.39 is 0 Å². The predicted molar refractivity (Wildman–Crippen MR) is 190 cm³/mol. The molecule has 1 aromatic heterocycles. The molecule has 1 heterocycles. The number of benzene rings is 5. The summed E-state index contributed by atoms with van der Waals surface area (Å²) in [4.78, 5) is 4.58. The van der Waals surface area contributed by atoms with Gasteiger partial charge in [-0.25, -0.2) is 0 Å². The van der Waals surface area contributed by atoms with Crippen LogP contribution in [0.15, 0.2) is 182 Å². The van der Waals surface area contributed by atoms with Crippen LogP contribution in [-0.2, 0) is 0 Å². The summed E-state index contributed by atoms with van der Waals surface area (Å²) < 4.78 is 0. The molecule has 7 rings (SSSR count). The molecular formula is C42H33N3. The van der Waals surface area contributed by atoms with Crippen LogP contribution in [0.25, 0.3) is 39.1 Å². The van der Waals surface area contributed by atoms with Crippen LogP contribution in [0.2, 0.25) is 0 Å². The Labute approximate surface area is 265 Å². The molecule has 0 bridgehead atoms. The highest BCUT2D eigenvalue weighted by molar-refractivity contribution is 5.88. The molecule has 0 saturated heterocycles. The van der Waals surface area contributed by atoms with E-state index in [9.17, 15) is 0 Å². The summed E-state index contributed by atoms with van der Waals surface area (Å²) >= 11 is 0. The first-order valence-electron chi connectivity index (χ1n) is 15.3. The van der Waals surface area contributed by atoms with Gasteiger partial charge in [0.25, 0.3) is 0 Å². The zero-order chi connectivity index (χ0) is 30.3. The van der Waals surface area contributed by atoms with E-state index in [1.165, 1.54) is 22.3 Å². The Balaban J connectivity index is 1.14. The minimum atomic E-state index is 0.843. The van der Waals surface area contributed by atoms with Crippen molar-refractivity contribution in [2.45, 2.75) is 6.42 Å². The lowest BCUT2D eigenvalue weighted by Crippen LogP contribution is -2.00. The highest BCUT2D eigenvalue weighted by Crippen LogP contribution is 2.35. The molecule has 45 heavy (non-hydrogen) atoms. The fourth-order valence-electron chi connectivity index (χ4n) is 5.75. The molecule has 0 aliphatic heterocycles. The number of hydrogen-bond donors (Lipinski definition) is 2. The van der Waals surface area contributed by atoms with Gasteiger partial charge >= 0.3 is 0 Å². The third-order valence-corrected chi connectivity index (χ3v) is 7.95. The van der Waals surface area contributed by atoms with E-state index in [4.69, 9.17) is 0 Å². The van der Waals surface area contributed by atoms with Gasteiger partial charge in [0.1, 0.15) is 0 Å². The summed E-state index contributed by atoms with van der Waals surface area (Å²) in [6.07, 6.45) is 11.5. The van der Waals surface area contributed by atoms with Crippen LogP contribution in [0, 0.1) is 0 Å². The highest BCUT2D eigenvalue weighted by atomic mass is 14.9. The number of aromatic nitrogens is 1. The van der Waals surface area contributed by atoms with Crippen molar-refractivity contribution in [3.63, 3.8) is 0 Å². The summed E-state index contributed by atoms with van der Waals surface area (Å²) in [7, 11) is 0. The van der Waals surface area contributed by atoms with Crippen LogP contribution in [0.5, 0.6) is 0 Å². The summed E-state index contributed by atoms with van der Waals surface area (Å²) in [6.45, 7) is 0. The Hall–Kier alpha value is -5.93. The van der Waals surface area contributed by atoms with Gasteiger partial charge in [-0.1, -0.05) is 127 Å². The van der Waals surface area contributed by atoms with Crippen LogP contribution in [-0.4, -0.2) is 4.98 Å². The van der Waals surface area contributed by atoms with Gasteiger partial charge in [0, 0.05) is 40.1 Å². The Kier molecular flexibility index (Phi) is 8.15. The summed E-state index contributed by atoms with van der Waals surface area (Å²) in [5.74, 6) is 0. The van der Waals surface area contributed by atoms with Crippen LogP contribution in [0.3, 0.4) is 0 Å². The van der Waals surface area contributed by atoms with Crippen molar-refractivity contribution in [1.29, 1.82) is 0 Å². The number of pyridine rings is 1. The molecule has 1 aliphatic carbocycles. The quantitative estimate of drug-likeness (QED) is 0.188. The minimum absolute atomic E-state index is 0.843. The fraction of sp³-hybridized carbons (Fsp3) is 0.0238. The second kappa shape index (κ2) is 13.2. The highest BCUT2D eigenvalue weighted by Gasteiger charge is 2.12. The first-order chi connectivity index (χ1) is 22.3. The lowest BCUT2D eigenvalue weighted by molar-refractivity contribution is 1.31. The molecule has 0 radical (unpaired) electrons. The molecule has 0 unspecified atom stereocenters. The van der Waals surface area contributed by atoms with E-state index in [2.05, 4.69) is 167 Å². The summed E-state index contributed by atoms with van der Waals surface area (Å²) in [5.41, 5.74) is 13.3. The topological polar surface area (TPSA) is 37.0 Å². The zero-order valence-corrected chi connectivity index (χ0v) is 24.9. The second-order valence-electron chi connectivity index (χ2n) is 10.9. The molecular weight excluding hydrogens is 546 g/mol. The van der Waals surface area contributed by atoms with Gasteiger partial charge in [0.15, 0.2) is 0 Å². The molecule has 0 saturated carbocycles. The molecule has 6 aromatic rings. The Morgan fingerprint density at radius 3 is 1.80 bits per heavy atom. The lowest BCUT2D eigenvalue weighted by Gasteiger charge is -2.16. The number of anilines is 3. The maximum atomic E-state index is 4.58. The summed E-state index contributed by atoms with van der Waals surface area (Å²) in [5, 5.41) is 7.37. The second-order valence-corrected chi connectivity index (χ2v) is 10.9. The molecule has 1 aliphatic rings. The van der Waals surface area contributed by atoms with Crippen LogP contribution in [0.1, 0.15) is 12.0 Å². The van der Waals surface area contributed by atoms with E-state index in [0.29, 0.717) is 0 Å². The van der Waals surface area contributed by atoms with Crippen molar-refractivity contribution in [3.8, 4) is 33.5 Å². The predicted octanol–water partition coefficient (Wildman–Crippen LogP) is 11.2. The maximum Gasteiger partial charge on any atom is 0.0722 e. The van der Waals surface area contributed by atoms with Gasteiger partial charge in [-0.05, 0) is 76.7 Å². The number of allylic oxidation sites excluding steroid dienone is 5. The third-order valence-electron chi connectivity index (χ3n) is 7.95. The zero-order valence-electron chi connectivity index (χ0n) is 24.9. The largest absolute Gasteiger partial charge is 0.355 e. The normalized spacial score (nSPS) is 12.5. The van der Waals surface area contributed by atoms with E-state index in [1.807, 2.05) is 24.4 Å². The van der Waals surface area contributed by atoms with Crippen LogP contribution in [0.4, 0.5) is 17.1 Å². The Morgan fingerprint density at radius 1 is 0.489 bits per heavy atom. The van der Waals surface area contributed by atoms with Gasteiger partial charge in [0.2, 0.25) is 0 Å². The lowest BCUT2D eigenvalue weighted by atomic mass is 9.94. The van der Waals surface area contributed by atoms with Gasteiger partial charge in [-0.3, -0.25) is 4.98 Å². The van der Waals surface area contributed by atoms with E-state index in [-0.39, 0.29) is 0 Å². The van der Waals surface area contributed by atoms with Crippen LogP contribution >= 0.6 is 0 Å². The number of nitrogens with zero attached hydrogens (tertiary/aromatic N) is 1. The SMILES string of the molecule is C1=CC(c2ccccc2Nc2ccc(-c3ccccc3-c3ccccc3)cc2)=CC(Nc2ccccc2-c2ccccn2)=CC1. The van der Waals surface area contributed by atoms with Gasteiger partial charge in [-0.2, -0.15) is 0 Å². The molecule has 5 aromatic carbocycles. The average molecular weight is 580 g/mol. The minimum Gasteiger partial charge on any atom is -0.355 e. The number of para-hydroxylation sites is 2. The van der Waals surface area contributed by atoms with Gasteiger partial charge in [-0.15, -0.1) is 0 Å². The molecule has 0 fully saturated rings. The first kappa shape index (κ1) is 27.9. The molecule has 216 valence electrons. The molecule has 0 atom stereocenters. The summed E-state index contributed by atoms with van der Waals surface area (Å²) in [6, 6.07) is 50.7. The van der Waals surface area contributed by atoms with Crippen molar-refractivity contribution in [1.82, 2.24) is 4.98 Å². The first-order valence-corrected chi connectivity index (χ1v) is 15.3.